The number of hydrogen-bond acceptors (Lipinski definition) is 3. The van der Waals surface area contributed by atoms with Crippen molar-refractivity contribution >= 4 is 31.7 Å². The zero-order valence-electron chi connectivity index (χ0n) is 18.4. The third-order valence-electron chi connectivity index (χ3n) is 4.07. The SMILES string of the molecule is CCN(C)C=Nc1cc(C#C[Si](C)(C)C)c(Oc2ccc(Cl)c(C(F)(F)F)c2)nc1C. The van der Waals surface area contributed by atoms with Crippen LogP contribution in [0.5, 0.6) is 11.6 Å². The minimum absolute atomic E-state index is 0.0263. The summed E-state index contributed by atoms with van der Waals surface area (Å²) in [6, 6.07) is 5.12. The molecule has 166 valence electrons. The largest absolute Gasteiger partial charge is 0.438 e. The highest BCUT2D eigenvalue weighted by Gasteiger charge is 2.33. The van der Waals surface area contributed by atoms with E-state index in [1.165, 1.54) is 6.07 Å². The van der Waals surface area contributed by atoms with Crippen molar-refractivity contribution in [1.29, 1.82) is 0 Å². The van der Waals surface area contributed by atoms with Gasteiger partial charge in [0.25, 0.3) is 0 Å². The van der Waals surface area contributed by atoms with Crippen LogP contribution in [0, 0.1) is 18.4 Å². The summed E-state index contributed by atoms with van der Waals surface area (Å²) in [4.78, 5) is 10.8. The van der Waals surface area contributed by atoms with E-state index < -0.39 is 24.8 Å². The molecule has 9 heteroatoms. The first kappa shape index (κ1) is 24.8. The van der Waals surface area contributed by atoms with E-state index >= 15 is 0 Å². The highest BCUT2D eigenvalue weighted by molar-refractivity contribution is 6.83. The molecule has 4 nitrogen and oxygen atoms in total. The molecule has 0 N–H and O–H groups in total. The molecule has 2 rings (SSSR count). The van der Waals surface area contributed by atoms with Crippen molar-refractivity contribution in [3.8, 4) is 23.1 Å². The van der Waals surface area contributed by atoms with Crippen LogP contribution in [-0.2, 0) is 6.18 Å². The van der Waals surface area contributed by atoms with Crippen LogP contribution < -0.4 is 4.74 Å². The number of aliphatic imine (C=N–C) groups is 1. The highest BCUT2D eigenvalue weighted by Crippen LogP contribution is 2.38. The van der Waals surface area contributed by atoms with Crippen molar-refractivity contribution in [2.45, 2.75) is 39.7 Å². The van der Waals surface area contributed by atoms with Gasteiger partial charge in [-0.1, -0.05) is 37.2 Å². The van der Waals surface area contributed by atoms with Crippen LogP contribution in [0.2, 0.25) is 24.7 Å². The Bertz CT molecular complexity index is 1040. The van der Waals surface area contributed by atoms with Crippen molar-refractivity contribution in [2.24, 2.45) is 4.99 Å². The Kier molecular flexibility index (Phi) is 7.79. The molecule has 0 unspecified atom stereocenters. The number of aryl methyl sites for hydroxylation is 1. The van der Waals surface area contributed by atoms with E-state index in [2.05, 4.69) is 41.1 Å². The maximum Gasteiger partial charge on any atom is 0.417 e. The summed E-state index contributed by atoms with van der Waals surface area (Å²) in [5, 5.41) is -0.396. The lowest BCUT2D eigenvalue weighted by Gasteiger charge is -2.14. The summed E-state index contributed by atoms with van der Waals surface area (Å²) < 4.78 is 45.3. The second-order valence-corrected chi connectivity index (χ2v) is 13.2. The van der Waals surface area contributed by atoms with Crippen molar-refractivity contribution in [3.05, 3.63) is 46.1 Å². The van der Waals surface area contributed by atoms with E-state index in [4.69, 9.17) is 16.3 Å². The maximum atomic E-state index is 13.2. The lowest BCUT2D eigenvalue weighted by atomic mass is 10.2. The minimum atomic E-state index is -4.59. The number of hydrogen-bond donors (Lipinski definition) is 0. The number of benzene rings is 1. The normalized spacial score (nSPS) is 11.9. The summed E-state index contributed by atoms with van der Waals surface area (Å²) in [7, 11) is 0.171. The van der Waals surface area contributed by atoms with Gasteiger partial charge in [-0.3, -0.25) is 0 Å². The van der Waals surface area contributed by atoms with Crippen LogP contribution in [0.1, 0.15) is 23.7 Å². The fourth-order valence-corrected chi connectivity index (χ4v) is 3.00. The zero-order valence-corrected chi connectivity index (χ0v) is 20.1. The quantitative estimate of drug-likeness (QED) is 0.212. The van der Waals surface area contributed by atoms with E-state index in [9.17, 15) is 13.2 Å². The molecule has 0 amide bonds. The second-order valence-electron chi connectivity index (χ2n) is 8.00. The van der Waals surface area contributed by atoms with Crippen LogP contribution in [0.3, 0.4) is 0 Å². The topological polar surface area (TPSA) is 37.7 Å². The maximum absolute atomic E-state index is 13.2. The molecular formula is C22H25ClF3N3OSi. The molecule has 0 atom stereocenters. The van der Waals surface area contributed by atoms with E-state index in [1.54, 1.807) is 19.3 Å². The minimum Gasteiger partial charge on any atom is -0.438 e. The van der Waals surface area contributed by atoms with Gasteiger partial charge in [0, 0.05) is 13.6 Å². The van der Waals surface area contributed by atoms with Crippen LogP contribution in [0.4, 0.5) is 18.9 Å². The van der Waals surface area contributed by atoms with Gasteiger partial charge in [-0.05, 0) is 38.1 Å². The van der Waals surface area contributed by atoms with E-state index in [0.29, 0.717) is 16.9 Å². The van der Waals surface area contributed by atoms with Crippen LogP contribution in [0.25, 0.3) is 0 Å². The van der Waals surface area contributed by atoms with Gasteiger partial charge in [-0.25, -0.2) is 9.98 Å². The van der Waals surface area contributed by atoms with Gasteiger partial charge in [0.2, 0.25) is 5.88 Å². The number of halogens is 4. The zero-order chi connectivity index (χ0) is 23.4. The molecule has 0 aliphatic rings. The molecule has 2 aromatic rings. The smallest absolute Gasteiger partial charge is 0.417 e. The van der Waals surface area contributed by atoms with Crippen molar-refractivity contribution < 1.29 is 17.9 Å². The Balaban J connectivity index is 2.54. The third kappa shape index (κ3) is 7.30. The molecule has 0 fully saturated rings. The van der Waals surface area contributed by atoms with Crippen molar-refractivity contribution in [3.63, 3.8) is 0 Å². The molecule has 0 aliphatic carbocycles. The second kappa shape index (κ2) is 9.75. The predicted octanol–water partition coefficient (Wildman–Crippen LogP) is 6.69. The number of rotatable bonds is 5. The van der Waals surface area contributed by atoms with Gasteiger partial charge in [0.05, 0.1) is 33.9 Å². The van der Waals surface area contributed by atoms with Crippen LogP contribution >= 0.6 is 11.6 Å². The average molecular weight is 468 g/mol. The van der Waals surface area contributed by atoms with E-state index in [0.717, 1.165) is 18.7 Å². The molecule has 0 spiro atoms. The number of aromatic nitrogens is 1. The Morgan fingerprint density at radius 1 is 1.26 bits per heavy atom. The Morgan fingerprint density at radius 3 is 2.52 bits per heavy atom. The first-order valence-electron chi connectivity index (χ1n) is 9.64. The van der Waals surface area contributed by atoms with Gasteiger partial charge >= 0.3 is 6.18 Å². The molecular weight excluding hydrogens is 443 g/mol. The van der Waals surface area contributed by atoms with Gasteiger partial charge in [0.15, 0.2) is 0 Å². The van der Waals surface area contributed by atoms with Crippen LogP contribution in [-0.4, -0.2) is 37.9 Å². The molecule has 0 radical (unpaired) electrons. The standard InChI is InChI=1S/C22H25ClF3N3OSi/c1-7-29(3)14-27-20-12-16(10-11-31(4,5)6)21(28-15(20)2)30-17-8-9-19(23)18(13-17)22(24,25)26/h8-9,12-14H,7H2,1-6H3. The summed E-state index contributed by atoms with van der Waals surface area (Å²) in [6.45, 7) is 10.8. The first-order valence-corrected chi connectivity index (χ1v) is 13.5. The fraction of sp³-hybridized carbons (Fsp3) is 0.364. The van der Waals surface area contributed by atoms with Gasteiger partial charge < -0.3 is 9.64 Å². The van der Waals surface area contributed by atoms with E-state index in [-0.39, 0.29) is 11.6 Å². The Hall–Kier alpha value is -2.50. The number of ether oxygens (including phenoxy) is 1. The predicted molar refractivity (Wildman–Crippen MR) is 122 cm³/mol. The molecule has 1 heterocycles. The van der Waals surface area contributed by atoms with Crippen molar-refractivity contribution in [2.75, 3.05) is 13.6 Å². The molecule has 1 aromatic carbocycles. The third-order valence-corrected chi connectivity index (χ3v) is 5.28. The highest BCUT2D eigenvalue weighted by atomic mass is 35.5. The Morgan fingerprint density at radius 2 is 1.94 bits per heavy atom. The summed E-state index contributed by atoms with van der Waals surface area (Å²) in [5.74, 6) is 3.19. The number of nitrogens with zero attached hydrogens (tertiary/aromatic N) is 3. The van der Waals surface area contributed by atoms with Crippen molar-refractivity contribution in [1.82, 2.24) is 9.88 Å². The Labute approximate surface area is 187 Å². The molecule has 31 heavy (non-hydrogen) atoms. The fourth-order valence-electron chi connectivity index (χ4n) is 2.26. The molecule has 0 aliphatic heterocycles. The number of alkyl halides is 3. The number of pyridine rings is 1. The lowest BCUT2D eigenvalue weighted by Crippen LogP contribution is -2.16. The first-order chi connectivity index (χ1) is 14.3. The summed E-state index contributed by atoms with van der Waals surface area (Å²) in [5.41, 5.74) is 3.91. The summed E-state index contributed by atoms with van der Waals surface area (Å²) >= 11 is 5.70. The van der Waals surface area contributed by atoms with Gasteiger partial charge in [-0.15, -0.1) is 5.54 Å². The average Bonchev–Trinajstić information content (AvgIpc) is 2.66. The van der Waals surface area contributed by atoms with Gasteiger partial charge in [-0.2, -0.15) is 13.2 Å². The monoisotopic (exact) mass is 467 g/mol. The molecule has 0 saturated heterocycles. The molecule has 1 aromatic heterocycles. The van der Waals surface area contributed by atoms with Gasteiger partial charge in [0.1, 0.15) is 13.8 Å². The van der Waals surface area contributed by atoms with E-state index in [1.807, 2.05) is 18.9 Å². The van der Waals surface area contributed by atoms with Crippen LogP contribution in [0.15, 0.2) is 29.3 Å². The molecule has 0 saturated carbocycles. The summed E-state index contributed by atoms with van der Waals surface area (Å²) in [6.07, 6.45) is -2.90. The molecule has 0 bridgehead atoms. The lowest BCUT2D eigenvalue weighted by molar-refractivity contribution is -0.137.